The zero-order valence-corrected chi connectivity index (χ0v) is 17.0. The van der Waals surface area contributed by atoms with Crippen LogP contribution in [0.5, 0.6) is 5.75 Å². The van der Waals surface area contributed by atoms with E-state index in [0.29, 0.717) is 18.5 Å². The highest BCUT2D eigenvalue weighted by molar-refractivity contribution is 7.16. The van der Waals surface area contributed by atoms with Gasteiger partial charge in [0.15, 0.2) is 0 Å². The summed E-state index contributed by atoms with van der Waals surface area (Å²) in [6, 6.07) is 9.53. The highest BCUT2D eigenvalue weighted by atomic mass is 32.1. The van der Waals surface area contributed by atoms with Crippen LogP contribution in [0, 0.1) is 0 Å². The molecule has 3 aromatic rings. The minimum Gasteiger partial charge on any atom is -0.496 e. The Morgan fingerprint density at radius 3 is 2.86 bits per heavy atom. The molecule has 2 aromatic heterocycles. The van der Waals surface area contributed by atoms with Crippen molar-refractivity contribution in [1.29, 1.82) is 0 Å². The van der Waals surface area contributed by atoms with Gasteiger partial charge >= 0.3 is 0 Å². The molecule has 0 saturated carbocycles. The predicted octanol–water partition coefficient (Wildman–Crippen LogP) is 2.28. The van der Waals surface area contributed by atoms with Crippen LogP contribution in [0.15, 0.2) is 46.8 Å². The van der Waals surface area contributed by atoms with Crippen LogP contribution in [0.3, 0.4) is 0 Å². The minimum atomic E-state index is -0.112. The van der Waals surface area contributed by atoms with Crippen LogP contribution in [-0.4, -0.2) is 48.1 Å². The van der Waals surface area contributed by atoms with Crippen LogP contribution in [0.1, 0.15) is 18.0 Å². The number of nitrogens with zero attached hydrogens (tertiary/aromatic N) is 3. The number of hydrogen-bond acceptors (Lipinski definition) is 6. The predicted molar refractivity (Wildman–Crippen MR) is 111 cm³/mol. The van der Waals surface area contributed by atoms with E-state index < -0.39 is 0 Å². The number of para-hydroxylation sites is 1. The Kier molecular flexibility index (Phi) is 6.43. The zero-order valence-electron chi connectivity index (χ0n) is 16.2. The van der Waals surface area contributed by atoms with Crippen LogP contribution in [0.2, 0.25) is 0 Å². The maximum atomic E-state index is 12.4. The van der Waals surface area contributed by atoms with Crippen molar-refractivity contribution in [3.8, 4) is 5.75 Å². The largest absolute Gasteiger partial charge is 0.496 e. The summed E-state index contributed by atoms with van der Waals surface area (Å²) in [4.78, 5) is 31.8. The maximum Gasteiger partial charge on any atom is 0.262 e. The molecule has 7 nitrogen and oxygen atoms in total. The topological polar surface area (TPSA) is 76.5 Å². The number of methoxy groups -OCH3 is 1. The Morgan fingerprint density at radius 2 is 2.11 bits per heavy atom. The number of likely N-dealkylation sites (N-methyl/N-ethyl adjacent to an activating group) is 1. The second kappa shape index (κ2) is 8.99. The Hall–Kier alpha value is -2.71. The van der Waals surface area contributed by atoms with Crippen molar-refractivity contribution in [2.75, 3.05) is 27.7 Å². The first-order valence-electron chi connectivity index (χ1n) is 9.00. The van der Waals surface area contributed by atoms with Gasteiger partial charge in [0.25, 0.3) is 5.56 Å². The number of fused-ring (bicyclic) bond motifs is 1. The number of amides is 1. The second-order valence-corrected chi connectivity index (χ2v) is 7.55. The van der Waals surface area contributed by atoms with Crippen LogP contribution < -0.4 is 15.6 Å². The van der Waals surface area contributed by atoms with Gasteiger partial charge in [0.1, 0.15) is 10.6 Å². The first-order chi connectivity index (χ1) is 13.5. The fourth-order valence-corrected chi connectivity index (χ4v) is 3.81. The number of benzene rings is 1. The first-order valence-corrected chi connectivity index (χ1v) is 9.88. The molecule has 1 N–H and O–H groups in total. The molecular weight excluding hydrogens is 376 g/mol. The molecule has 3 rings (SSSR count). The average molecular weight is 401 g/mol. The van der Waals surface area contributed by atoms with Crippen molar-refractivity contribution in [3.63, 3.8) is 0 Å². The van der Waals surface area contributed by atoms with Crippen molar-refractivity contribution in [2.45, 2.75) is 19.0 Å². The summed E-state index contributed by atoms with van der Waals surface area (Å²) in [5.41, 5.74) is 0.901. The standard InChI is InChI=1S/C20H24N4O3S/c1-23(2)16(14-6-4-5-7-17(14)27-3)12-21-18(25)8-10-24-13-22-19-15(20(24)26)9-11-28-19/h4-7,9,11,13,16H,8,10,12H2,1-3H3,(H,21,25). The SMILES string of the molecule is COc1ccccc1C(CNC(=O)CCn1cnc2sccc2c1=O)N(C)C. The summed E-state index contributed by atoms with van der Waals surface area (Å²) in [5, 5.41) is 5.40. The fraction of sp³-hybridized carbons (Fsp3) is 0.350. The monoisotopic (exact) mass is 400 g/mol. The van der Waals surface area contributed by atoms with Gasteiger partial charge in [-0.15, -0.1) is 11.3 Å². The van der Waals surface area contributed by atoms with E-state index in [-0.39, 0.29) is 23.9 Å². The normalized spacial score (nSPS) is 12.3. The molecule has 0 aliphatic heterocycles. The molecule has 0 bridgehead atoms. The molecule has 2 heterocycles. The van der Waals surface area contributed by atoms with E-state index in [9.17, 15) is 9.59 Å². The van der Waals surface area contributed by atoms with Gasteiger partial charge in [0.05, 0.1) is 24.9 Å². The van der Waals surface area contributed by atoms with E-state index in [1.807, 2.05) is 48.6 Å². The van der Waals surface area contributed by atoms with Crippen LogP contribution in [-0.2, 0) is 11.3 Å². The molecular formula is C20H24N4O3S. The Labute approximate surface area is 167 Å². The van der Waals surface area contributed by atoms with E-state index in [2.05, 4.69) is 10.3 Å². The van der Waals surface area contributed by atoms with Crippen molar-refractivity contribution in [3.05, 3.63) is 58.0 Å². The van der Waals surface area contributed by atoms with E-state index in [1.54, 1.807) is 13.2 Å². The van der Waals surface area contributed by atoms with E-state index in [0.717, 1.165) is 16.1 Å². The summed E-state index contributed by atoms with van der Waals surface area (Å²) in [5.74, 6) is 0.677. The van der Waals surface area contributed by atoms with E-state index >= 15 is 0 Å². The highest BCUT2D eigenvalue weighted by Gasteiger charge is 2.19. The molecule has 0 radical (unpaired) electrons. The number of carbonyl (C=O) groups excluding carboxylic acids is 1. The smallest absolute Gasteiger partial charge is 0.262 e. The molecule has 0 spiro atoms. The van der Waals surface area contributed by atoms with Crippen molar-refractivity contribution in [2.24, 2.45) is 0 Å². The number of ether oxygens (including phenoxy) is 1. The number of thiophene rings is 1. The third-order valence-corrected chi connectivity index (χ3v) is 5.46. The van der Waals surface area contributed by atoms with Crippen molar-refractivity contribution in [1.82, 2.24) is 19.8 Å². The van der Waals surface area contributed by atoms with Crippen molar-refractivity contribution < 1.29 is 9.53 Å². The van der Waals surface area contributed by atoms with Gasteiger partial charge in [0, 0.05) is 25.1 Å². The number of carbonyl (C=O) groups is 1. The van der Waals surface area contributed by atoms with Crippen LogP contribution >= 0.6 is 11.3 Å². The molecule has 0 fully saturated rings. The minimum absolute atomic E-state index is 0.0216. The Morgan fingerprint density at radius 1 is 1.32 bits per heavy atom. The van der Waals surface area contributed by atoms with Gasteiger partial charge < -0.3 is 15.0 Å². The molecule has 1 unspecified atom stereocenters. The summed E-state index contributed by atoms with van der Waals surface area (Å²) < 4.78 is 6.93. The molecule has 1 amide bonds. The van der Waals surface area contributed by atoms with Gasteiger partial charge in [-0.2, -0.15) is 0 Å². The lowest BCUT2D eigenvalue weighted by Crippen LogP contribution is -2.35. The maximum absolute atomic E-state index is 12.4. The summed E-state index contributed by atoms with van der Waals surface area (Å²) in [6.45, 7) is 0.744. The number of aromatic nitrogens is 2. The number of hydrogen-bond donors (Lipinski definition) is 1. The number of nitrogens with one attached hydrogen (secondary N) is 1. The number of rotatable bonds is 8. The lowest BCUT2D eigenvalue weighted by Gasteiger charge is -2.26. The van der Waals surface area contributed by atoms with E-state index in [4.69, 9.17) is 4.74 Å². The summed E-state index contributed by atoms with van der Waals surface area (Å²) >= 11 is 1.43. The van der Waals surface area contributed by atoms with Crippen LogP contribution in [0.25, 0.3) is 10.2 Å². The second-order valence-electron chi connectivity index (χ2n) is 6.66. The van der Waals surface area contributed by atoms with Gasteiger partial charge in [0.2, 0.25) is 5.91 Å². The lowest BCUT2D eigenvalue weighted by atomic mass is 10.0. The first kappa shape index (κ1) is 20.0. The Bertz CT molecular complexity index is 1010. The third kappa shape index (κ3) is 4.40. The molecule has 0 aliphatic rings. The lowest BCUT2D eigenvalue weighted by molar-refractivity contribution is -0.121. The van der Waals surface area contributed by atoms with E-state index in [1.165, 1.54) is 22.2 Å². The van der Waals surface area contributed by atoms with Gasteiger partial charge in [-0.1, -0.05) is 18.2 Å². The molecule has 1 aromatic carbocycles. The average Bonchev–Trinajstić information content (AvgIpc) is 3.17. The molecule has 148 valence electrons. The molecule has 28 heavy (non-hydrogen) atoms. The molecule has 0 aliphatic carbocycles. The summed E-state index contributed by atoms with van der Waals surface area (Å²) in [7, 11) is 5.56. The zero-order chi connectivity index (χ0) is 20.1. The molecule has 1 atom stereocenters. The molecule has 8 heteroatoms. The fourth-order valence-electron chi connectivity index (χ4n) is 3.09. The molecule has 0 saturated heterocycles. The quantitative estimate of drug-likeness (QED) is 0.628. The summed E-state index contributed by atoms with van der Waals surface area (Å²) in [6.07, 6.45) is 1.72. The van der Waals surface area contributed by atoms with Gasteiger partial charge in [-0.25, -0.2) is 4.98 Å². The van der Waals surface area contributed by atoms with Crippen LogP contribution in [0.4, 0.5) is 0 Å². The van der Waals surface area contributed by atoms with Crippen molar-refractivity contribution >= 4 is 27.5 Å². The number of aryl methyl sites for hydroxylation is 1. The Balaban J connectivity index is 1.62. The highest BCUT2D eigenvalue weighted by Crippen LogP contribution is 2.27. The third-order valence-electron chi connectivity index (χ3n) is 4.64. The van der Waals surface area contributed by atoms with Gasteiger partial charge in [-0.3, -0.25) is 14.2 Å². The van der Waals surface area contributed by atoms with Gasteiger partial charge in [-0.05, 0) is 31.6 Å².